The van der Waals surface area contributed by atoms with Gasteiger partial charge in [0.1, 0.15) is 12.6 Å². The third kappa shape index (κ3) is 4.81. The van der Waals surface area contributed by atoms with Crippen LogP contribution in [0.3, 0.4) is 0 Å². The fourth-order valence-corrected chi connectivity index (χ4v) is 3.28. The van der Waals surface area contributed by atoms with Crippen molar-refractivity contribution < 1.29 is 14.3 Å². The summed E-state index contributed by atoms with van der Waals surface area (Å²) in [7, 11) is 1.28. The predicted molar refractivity (Wildman–Crippen MR) is 99.2 cm³/mol. The van der Waals surface area contributed by atoms with Crippen LogP contribution in [-0.2, 0) is 40.1 Å². The summed E-state index contributed by atoms with van der Waals surface area (Å²) in [6, 6.07) is 10.1. The van der Waals surface area contributed by atoms with Crippen LogP contribution in [0.5, 0.6) is 0 Å². The second-order valence-electron chi connectivity index (χ2n) is 6.65. The van der Waals surface area contributed by atoms with Crippen LogP contribution in [0.4, 0.5) is 0 Å². The number of methoxy groups -OCH3 is 1. The van der Waals surface area contributed by atoms with Gasteiger partial charge in [0.05, 0.1) is 12.8 Å². The minimum atomic E-state index is -0.821. The predicted octanol–water partition coefficient (Wildman–Crippen LogP) is 1.02. The summed E-state index contributed by atoms with van der Waals surface area (Å²) < 4.78 is 5.96. The third-order valence-electron chi connectivity index (χ3n) is 4.67. The molecule has 1 atom stereocenters. The molecule has 1 heterocycles. The van der Waals surface area contributed by atoms with Gasteiger partial charge in [-0.15, -0.1) is 0 Å². The Morgan fingerprint density at radius 1 is 1.22 bits per heavy atom. The number of benzene rings is 1. The Bertz CT molecular complexity index is 877. The van der Waals surface area contributed by atoms with Crippen LogP contribution >= 0.6 is 0 Å². The van der Waals surface area contributed by atoms with Crippen molar-refractivity contribution in [3.05, 3.63) is 63.6 Å². The molecule has 3 rings (SSSR count). The minimum Gasteiger partial charge on any atom is -0.467 e. The number of aryl methyl sites for hydroxylation is 2. The van der Waals surface area contributed by atoms with Crippen LogP contribution in [-0.4, -0.2) is 34.8 Å². The van der Waals surface area contributed by atoms with Crippen LogP contribution in [0, 0.1) is 0 Å². The van der Waals surface area contributed by atoms with Gasteiger partial charge in [-0.05, 0) is 36.8 Å². The SMILES string of the molecule is COC(=O)[C@H](Cc1ccccc1)NC(=O)Cn1nc2c(cc1=O)CCCC2. The highest BCUT2D eigenvalue weighted by atomic mass is 16.5. The molecule has 1 aromatic heterocycles. The lowest BCUT2D eigenvalue weighted by Gasteiger charge is -2.18. The first-order valence-corrected chi connectivity index (χ1v) is 9.08. The number of nitrogens with one attached hydrogen (secondary N) is 1. The summed E-state index contributed by atoms with van der Waals surface area (Å²) >= 11 is 0. The topological polar surface area (TPSA) is 90.3 Å². The molecule has 0 fully saturated rings. The Balaban J connectivity index is 1.70. The number of aromatic nitrogens is 2. The summed E-state index contributed by atoms with van der Waals surface area (Å²) in [5.41, 5.74) is 2.45. The molecule has 1 aromatic carbocycles. The van der Waals surface area contributed by atoms with E-state index in [1.165, 1.54) is 7.11 Å². The molecule has 0 saturated heterocycles. The maximum Gasteiger partial charge on any atom is 0.328 e. The monoisotopic (exact) mass is 369 g/mol. The Morgan fingerprint density at radius 3 is 2.70 bits per heavy atom. The average molecular weight is 369 g/mol. The fourth-order valence-electron chi connectivity index (χ4n) is 3.28. The molecule has 7 nitrogen and oxygen atoms in total. The van der Waals surface area contributed by atoms with Gasteiger partial charge < -0.3 is 10.1 Å². The van der Waals surface area contributed by atoms with Gasteiger partial charge in [-0.1, -0.05) is 30.3 Å². The van der Waals surface area contributed by atoms with Gasteiger partial charge in [0.25, 0.3) is 5.56 Å². The molecule has 2 aromatic rings. The molecule has 1 aliphatic rings. The van der Waals surface area contributed by atoms with Gasteiger partial charge in [-0.25, -0.2) is 9.48 Å². The van der Waals surface area contributed by atoms with Gasteiger partial charge in [0.2, 0.25) is 5.91 Å². The van der Waals surface area contributed by atoms with E-state index in [4.69, 9.17) is 4.74 Å². The zero-order valence-corrected chi connectivity index (χ0v) is 15.3. The van der Waals surface area contributed by atoms with E-state index in [1.807, 2.05) is 30.3 Å². The normalized spacial score (nSPS) is 14.1. The van der Waals surface area contributed by atoms with Gasteiger partial charge in [-0.3, -0.25) is 9.59 Å². The zero-order chi connectivity index (χ0) is 19.2. The van der Waals surface area contributed by atoms with E-state index >= 15 is 0 Å². The first-order valence-electron chi connectivity index (χ1n) is 9.08. The summed E-state index contributed by atoms with van der Waals surface area (Å²) in [5.74, 6) is -0.982. The molecule has 7 heteroatoms. The lowest BCUT2D eigenvalue weighted by Crippen LogP contribution is -2.45. The van der Waals surface area contributed by atoms with Crippen molar-refractivity contribution >= 4 is 11.9 Å². The molecule has 0 spiro atoms. The van der Waals surface area contributed by atoms with Gasteiger partial charge >= 0.3 is 5.97 Å². The molecule has 0 unspecified atom stereocenters. The molecule has 0 saturated carbocycles. The second-order valence-corrected chi connectivity index (χ2v) is 6.65. The highest BCUT2D eigenvalue weighted by Gasteiger charge is 2.23. The number of nitrogens with zero attached hydrogens (tertiary/aromatic N) is 2. The first kappa shape index (κ1) is 18.8. The Kier molecular flexibility index (Phi) is 6.01. The van der Waals surface area contributed by atoms with Crippen LogP contribution in [0.15, 0.2) is 41.2 Å². The lowest BCUT2D eigenvalue weighted by molar-refractivity contribution is -0.145. The highest BCUT2D eigenvalue weighted by molar-refractivity contribution is 5.84. The second kappa shape index (κ2) is 8.62. The third-order valence-corrected chi connectivity index (χ3v) is 4.67. The first-order chi connectivity index (χ1) is 13.1. The number of carbonyl (C=O) groups excluding carboxylic acids is 2. The van der Waals surface area contributed by atoms with Crippen molar-refractivity contribution in [3.8, 4) is 0 Å². The molecule has 1 N–H and O–H groups in total. The highest BCUT2D eigenvalue weighted by Crippen LogP contribution is 2.16. The summed E-state index contributed by atoms with van der Waals surface area (Å²) in [4.78, 5) is 36.7. The van der Waals surface area contributed by atoms with E-state index in [1.54, 1.807) is 6.07 Å². The summed E-state index contributed by atoms with van der Waals surface area (Å²) in [6.07, 6.45) is 4.07. The molecular formula is C20H23N3O4. The van der Waals surface area contributed by atoms with Gasteiger partial charge in [0.15, 0.2) is 0 Å². The maximum atomic E-state index is 12.4. The molecular weight excluding hydrogens is 346 g/mol. The van der Waals surface area contributed by atoms with E-state index in [-0.39, 0.29) is 12.1 Å². The molecule has 1 amide bonds. The van der Waals surface area contributed by atoms with Crippen molar-refractivity contribution in [1.82, 2.24) is 15.1 Å². The van der Waals surface area contributed by atoms with Crippen molar-refractivity contribution in [3.63, 3.8) is 0 Å². The summed E-state index contributed by atoms with van der Waals surface area (Å²) in [5, 5.41) is 6.99. The van der Waals surface area contributed by atoms with E-state index in [9.17, 15) is 14.4 Å². The molecule has 27 heavy (non-hydrogen) atoms. The number of hydrogen-bond acceptors (Lipinski definition) is 5. The van der Waals surface area contributed by atoms with Crippen LogP contribution in [0.2, 0.25) is 0 Å². The van der Waals surface area contributed by atoms with E-state index < -0.39 is 17.9 Å². The average Bonchev–Trinajstić information content (AvgIpc) is 2.68. The zero-order valence-electron chi connectivity index (χ0n) is 15.3. The number of hydrogen-bond donors (Lipinski definition) is 1. The molecule has 1 aliphatic carbocycles. The standard InChI is InChI=1S/C20H23N3O4/c1-27-20(26)17(11-14-7-3-2-4-8-14)21-18(24)13-23-19(25)12-15-9-5-6-10-16(15)22-23/h2-4,7-8,12,17H,5-6,9-11,13H2,1H3,(H,21,24)/t17-/m0/s1. The van der Waals surface area contributed by atoms with Crippen molar-refractivity contribution in [2.24, 2.45) is 0 Å². The fraction of sp³-hybridized carbons (Fsp3) is 0.400. The maximum absolute atomic E-state index is 12.4. The van der Waals surface area contributed by atoms with Crippen LogP contribution in [0.25, 0.3) is 0 Å². The van der Waals surface area contributed by atoms with E-state index in [0.29, 0.717) is 6.42 Å². The minimum absolute atomic E-state index is 0.228. The van der Waals surface area contributed by atoms with Crippen molar-refractivity contribution in [2.75, 3.05) is 7.11 Å². The molecule has 0 radical (unpaired) electrons. The number of amides is 1. The number of rotatable bonds is 6. The molecule has 0 bridgehead atoms. The number of esters is 1. The number of fused-ring (bicyclic) bond motifs is 1. The largest absolute Gasteiger partial charge is 0.467 e. The lowest BCUT2D eigenvalue weighted by atomic mass is 9.97. The van der Waals surface area contributed by atoms with Gasteiger partial charge in [0, 0.05) is 12.5 Å². The molecule has 142 valence electrons. The Hall–Kier alpha value is -2.96. The van der Waals surface area contributed by atoms with Crippen LogP contribution in [0.1, 0.15) is 29.7 Å². The Labute approximate surface area is 157 Å². The Morgan fingerprint density at radius 2 is 1.96 bits per heavy atom. The quantitative estimate of drug-likeness (QED) is 0.768. The number of carbonyl (C=O) groups is 2. The smallest absolute Gasteiger partial charge is 0.328 e. The van der Waals surface area contributed by atoms with E-state index in [0.717, 1.165) is 47.2 Å². The van der Waals surface area contributed by atoms with Gasteiger partial charge in [-0.2, -0.15) is 5.10 Å². The van der Waals surface area contributed by atoms with E-state index in [2.05, 4.69) is 10.4 Å². The van der Waals surface area contributed by atoms with Crippen molar-refractivity contribution in [1.29, 1.82) is 0 Å². The summed E-state index contributed by atoms with van der Waals surface area (Å²) in [6.45, 7) is -0.228. The molecule has 0 aliphatic heterocycles. The number of ether oxygens (including phenoxy) is 1. The van der Waals surface area contributed by atoms with Crippen LogP contribution < -0.4 is 10.9 Å². The van der Waals surface area contributed by atoms with Crippen molar-refractivity contribution in [2.45, 2.75) is 44.7 Å².